The number of hydrogen-bond donors (Lipinski definition) is 1. The van der Waals surface area contributed by atoms with Crippen molar-refractivity contribution in [3.63, 3.8) is 0 Å². The SMILES string of the molecule is Cc1cc(C)c(CSc2ccc(F)cc2)cc1/C=C(\C#N)C(N)=S. The minimum Gasteiger partial charge on any atom is -0.389 e. The molecule has 0 aliphatic heterocycles. The summed E-state index contributed by atoms with van der Waals surface area (Å²) in [5.74, 6) is 0.521. The van der Waals surface area contributed by atoms with Crippen LogP contribution in [0.15, 0.2) is 46.9 Å². The predicted molar refractivity (Wildman–Crippen MR) is 102 cm³/mol. The van der Waals surface area contributed by atoms with E-state index in [-0.39, 0.29) is 10.8 Å². The summed E-state index contributed by atoms with van der Waals surface area (Å²) < 4.78 is 13.0. The number of nitrogens with zero attached hydrogens (tertiary/aromatic N) is 1. The lowest BCUT2D eigenvalue weighted by molar-refractivity contribution is 0.626. The minimum absolute atomic E-state index is 0.0970. The number of nitrogens with two attached hydrogens (primary N) is 1. The van der Waals surface area contributed by atoms with Gasteiger partial charge in [-0.25, -0.2) is 4.39 Å². The third-order valence-electron chi connectivity index (χ3n) is 3.62. The number of halogens is 1. The van der Waals surface area contributed by atoms with Crippen molar-refractivity contribution in [2.24, 2.45) is 5.73 Å². The smallest absolute Gasteiger partial charge is 0.123 e. The molecular weight excluding hydrogens is 339 g/mol. The quantitative estimate of drug-likeness (QED) is 0.357. The molecule has 0 spiro atoms. The van der Waals surface area contributed by atoms with E-state index in [9.17, 15) is 4.39 Å². The molecule has 2 nitrogen and oxygen atoms in total. The Morgan fingerprint density at radius 2 is 1.92 bits per heavy atom. The van der Waals surface area contributed by atoms with Crippen LogP contribution in [0, 0.1) is 31.0 Å². The number of benzene rings is 2. The summed E-state index contributed by atoms with van der Waals surface area (Å²) in [6, 6.07) is 12.6. The van der Waals surface area contributed by atoms with Gasteiger partial charge in [0, 0.05) is 10.6 Å². The molecule has 0 saturated carbocycles. The average Bonchev–Trinajstić information content (AvgIpc) is 2.54. The number of aryl methyl sites for hydroxylation is 2. The summed E-state index contributed by atoms with van der Waals surface area (Å²) in [6.07, 6.45) is 1.73. The Balaban J connectivity index is 2.27. The van der Waals surface area contributed by atoms with E-state index < -0.39 is 0 Å². The van der Waals surface area contributed by atoms with E-state index in [1.807, 2.05) is 13.0 Å². The van der Waals surface area contributed by atoms with Crippen LogP contribution >= 0.6 is 24.0 Å². The van der Waals surface area contributed by atoms with Crippen molar-refractivity contribution in [2.75, 3.05) is 0 Å². The highest BCUT2D eigenvalue weighted by molar-refractivity contribution is 7.98. The van der Waals surface area contributed by atoms with Crippen LogP contribution in [0.5, 0.6) is 0 Å². The van der Waals surface area contributed by atoms with E-state index in [2.05, 4.69) is 19.1 Å². The van der Waals surface area contributed by atoms with Gasteiger partial charge in [-0.2, -0.15) is 5.26 Å². The van der Waals surface area contributed by atoms with Gasteiger partial charge in [0.2, 0.25) is 0 Å². The first-order chi connectivity index (χ1) is 11.4. The van der Waals surface area contributed by atoms with Crippen LogP contribution in [0.1, 0.15) is 22.3 Å². The molecular formula is C19H17FN2S2. The molecule has 5 heteroatoms. The molecule has 24 heavy (non-hydrogen) atoms. The molecule has 0 radical (unpaired) electrons. The molecule has 0 aliphatic rings. The summed E-state index contributed by atoms with van der Waals surface area (Å²) >= 11 is 6.53. The first kappa shape index (κ1) is 18.2. The molecule has 0 saturated heterocycles. The van der Waals surface area contributed by atoms with Crippen LogP contribution in [0.3, 0.4) is 0 Å². The van der Waals surface area contributed by atoms with Gasteiger partial charge in [-0.15, -0.1) is 11.8 Å². The second-order valence-corrected chi connectivity index (χ2v) is 6.90. The molecule has 0 bridgehead atoms. The van der Waals surface area contributed by atoms with Crippen molar-refractivity contribution in [1.82, 2.24) is 0 Å². The molecule has 0 aromatic heterocycles. The maximum Gasteiger partial charge on any atom is 0.123 e. The third-order valence-corrected chi connectivity index (χ3v) is 4.90. The maximum atomic E-state index is 13.0. The fraction of sp³-hybridized carbons (Fsp3) is 0.158. The highest BCUT2D eigenvalue weighted by Gasteiger charge is 2.07. The second kappa shape index (κ2) is 8.09. The van der Waals surface area contributed by atoms with E-state index in [1.54, 1.807) is 30.0 Å². The van der Waals surface area contributed by atoms with Gasteiger partial charge in [-0.05, 0) is 66.4 Å². The molecule has 122 valence electrons. The fourth-order valence-corrected chi connectivity index (χ4v) is 3.30. The largest absolute Gasteiger partial charge is 0.389 e. The highest BCUT2D eigenvalue weighted by Crippen LogP contribution is 2.27. The molecule has 0 heterocycles. The lowest BCUT2D eigenvalue weighted by Gasteiger charge is -2.11. The fourth-order valence-electron chi connectivity index (χ4n) is 2.23. The number of hydrogen-bond acceptors (Lipinski definition) is 3. The number of rotatable bonds is 5. The molecule has 2 aromatic carbocycles. The van der Waals surface area contributed by atoms with Crippen molar-refractivity contribution in [2.45, 2.75) is 24.5 Å². The van der Waals surface area contributed by atoms with Crippen molar-refractivity contribution in [3.05, 3.63) is 70.0 Å². The van der Waals surface area contributed by atoms with Gasteiger partial charge in [0.1, 0.15) is 16.9 Å². The van der Waals surface area contributed by atoms with Crippen molar-refractivity contribution in [3.8, 4) is 6.07 Å². The third kappa shape index (κ3) is 4.67. The summed E-state index contributed by atoms with van der Waals surface area (Å²) in [7, 11) is 0. The number of nitriles is 1. The number of thioether (sulfide) groups is 1. The van der Waals surface area contributed by atoms with Gasteiger partial charge in [0.05, 0.1) is 5.57 Å². The summed E-state index contributed by atoms with van der Waals surface area (Å²) in [4.78, 5) is 1.11. The Kier molecular flexibility index (Phi) is 6.13. The van der Waals surface area contributed by atoms with Gasteiger partial charge in [0.25, 0.3) is 0 Å². The second-order valence-electron chi connectivity index (χ2n) is 5.41. The van der Waals surface area contributed by atoms with Crippen LogP contribution in [-0.2, 0) is 5.75 Å². The van der Waals surface area contributed by atoms with Crippen molar-refractivity contribution in [1.29, 1.82) is 5.26 Å². The van der Waals surface area contributed by atoms with E-state index in [4.69, 9.17) is 23.2 Å². The van der Waals surface area contributed by atoms with Crippen LogP contribution < -0.4 is 5.73 Å². The van der Waals surface area contributed by atoms with E-state index >= 15 is 0 Å². The van der Waals surface area contributed by atoms with Crippen LogP contribution in [-0.4, -0.2) is 4.99 Å². The minimum atomic E-state index is -0.236. The van der Waals surface area contributed by atoms with E-state index in [0.717, 1.165) is 27.3 Å². The Labute approximate surface area is 151 Å². The molecule has 0 unspecified atom stereocenters. The number of thiocarbonyl (C=S) groups is 1. The molecule has 2 rings (SSSR count). The van der Waals surface area contributed by atoms with Crippen LogP contribution in [0.4, 0.5) is 4.39 Å². The molecule has 0 atom stereocenters. The zero-order valence-corrected chi connectivity index (χ0v) is 15.1. The zero-order chi connectivity index (χ0) is 17.7. The monoisotopic (exact) mass is 356 g/mol. The molecule has 2 aromatic rings. The van der Waals surface area contributed by atoms with Crippen molar-refractivity contribution >= 4 is 35.0 Å². The summed E-state index contributed by atoms with van der Waals surface area (Å²) in [5, 5.41) is 9.13. The Morgan fingerprint density at radius 1 is 1.25 bits per heavy atom. The summed E-state index contributed by atoms with van der Waals surface area (Å²) in [5.41, 5.74) is 10.2. The standard InChI is InChI=1S/C19H17FN2S2/c1-12-7-13(2)16(9-14(12)8-15(10-21)19(22)23)11-24-18-5-3-17(20)4-6-18/h3-9H,11H2,1-2H3,(H2,22,23)/b15-8+. The predicted octanol–water partition coefficient (Wildman–Crippen LogP) is 4.93. The lowest BCUT2D eigenvalue weighted by atomic mass is 9.99. The first-order valence-electron chi connectivity index (χ1n) is 7.31. The van der Waals surface area contributed by atoms with Gasteiger partial charge in [-0.3, -0.25) is 0 Å². The average molecular weight is 356 g/mol. The molecule has 0 amide bonds. The topological polar surface area (TPSA) is 49.8 Å². The van der Waals surface area contributed by atoms with Crippen molar-refractivity contribution < 1.29 is 4.39 Å². The maximum absolute atomic E-state index is 13.0. The first-order valence-corrected chi connectivity index (χ1v) is 8.70. The Bertz CT molecular complexity index is 834. The van der Waals surface area contributed by atoms with Gasteiger partial charge in [0.15, 0.2) is 0 Å². The molecule has 0 aliphatic carbocycles. The van der Waals surface area contributed by atoms with E-state index in [0.29, 0.717) is 5.57 Å². The van der Waals surface area contributed by atoms with Gasteiger partial charge < -0.3 is 5.73 Å². The highest BCUT2D eigenvalue weighted by atomic mass is 32.2. The van der Waals surface area contributed by atoms with Crippen LogP contribution in [0.2, 0.25) is 0 Å². The van der Waals surface area contributed by atoms with Gasteiger partial charge in [-0.1, -0.05) is 24.4 Å². The zero-order valence-electron chi connectivity index (χ0n) is 13.5. The van der Waals surface area contributed by atoms with E-state index in [1.165, 1.54) is 17.7 Å². The lowest BCUT2D eigenvalue weighted by Crippen LogP contribution is -2.09. The Hall–Kier alpha value is -2.16. The van der Waals surface area contributed by atoms with Crippen LogP contribution in [0.25, 0.3) is 6.08 Å². The van der Waals surface area contributed by atoms with Gasteiger partial charge >= 0.3 is 0 Å². The summed E-state index contributed by atoms with van der Waals surface area (Å²) in [6.45, 7) is 4.05. The Morgan fingerprint density at radius 3 is 2.50 bits per heavy atom. The molecule has 0 fully saturated rings. The molecule has 2 N–H and O–H groups in total. The normalized spacial score (nSPS) is 11.2.